The van der Waals surface area contributed by atoms with Crippen LogP contribution >= 0.6 is 11.8 Å². The van der Waals surface area contributed by atoms with Crippen LogP contribution in [0, 0.1) is 0 Å². The zero-order valence-electron chi connectivity index (χ0n) is 10.0. The summed E-state index contributed by atoms with van der Waals surface area (Å²) in [5.74, 6) is 0. The molecular formula is C14H13N3S. The van der Waals surface area contributed by atoms with Crippen LogP contribution in [-0.4, -0.2) is 15.0 Å². The lowest BCUT2D eigenvalue weighted by Gasteiger charge is -2.11. The van der Waals surface area contributed by atoms with Crippen molar-refractivity contribution in [3.8, 4) is 0 Å². The van der Waals surface area contributed by atoms with Gasteiger partial charge in [-0.2, -0.15) is 0 Å². The molecule has 0 radical (unpaired) electrons. The molecule has 1 atom stereocenters. The van der Waals surface area contributed by atoms with E-state index in [9.17, 15) is 0 Å². The zero-order valence-corrected chi connectivity index (χ0v) is 10.8. The molecule has 18 heavy (non-hydrogen) atoms. The normalized spacial score (nSPS) is 12.7. The molecule has 3 rings (SSSR count). The first kappa shape index (κ1) is 11.3. The lowest BCUT2D eigenvalue weighted by molar-refractivity contribution is 0.631. The summed E-state index contributed by atoms with van der Waals surface area (Å²) in [6, 6.07) is 18.4. The van der Waals surface area contributed by atoms with E-state index in [1.54, 1.807) is 11.8 Å². The summed E-state index contributed by atoms with van der Waals surface area (Å²) in [5.41, 5.74) is 2.02. The van der Waals surface area contributed by atoms with Gasteiger partial charge in [0, 0.05) is 4.90 Å². The summed E-state index contributed by atoms with van der Waals surface area (Å²) in [7, 11) is 0. The fraction of sp³-hybridized carbons (Fsp3) is 0.143. The van der Waals surface area contributed by atoms with Gasteiger partial charge in [0.2, 0.25) is 0 Å². The quantitative estimate of drug-likeness (QED) is 0.668. The Morgan fingerprint density at radius 3 is 2.56 bits per heavy atom. The Morgan fingerprint density at radius 1 is 1.00 bits per heavy atom. The first-order chi connectivity index (χ1) is 8.84. The van der Waals surface area contributed by atoms with Crippen molar-refractivity contribution in [2.45, 2.75) is 17.2 Å². The Morgan fingerprint density at radius 2 is 1.72 bits per heavy atom. The maximum atomic E-state index is 4.24. The van der Waals surface area contributed by atoms with Gasteiger partial charge < -0.3 is 0 Å². The van der Waals surface area contributed by atoms with E-state index in [0.29, 0.717) is 0 Å². The topological polar surface area (TPSA) is 30.7 Å². The van der Waals surface area contributed by atoms with E-state index in [-0.39, 0.29) is 5.37 Å². The van der Waals surface area contributed by atoms with Crippen LogP contribution in [0.3, 0.4) is 0 Å². The number of benzene rings is 2. The molecule has 0 fully saturated rings. The third kappa shape index (κ3) is 2.11. The lowest BCUT2D eigenvalue weighted by atomic mass is 10.3. The van der Waals surface area contributed by atoms with Crippen molar-refractivity contribution >= 4 is 22.8 Å². The molecule has 1 aromatic heterocycles. The Hall–Kier alpha value is -1.81. The lowest BCUT2D eigenvalue weighted by Crippen LogP contribution is -2.03. The Labute approximate surface area is 110 Å². The van der Waals surface area contributed by atoms with Crippen LogP contribution in [0.5, 0.6) is 0 Å². The molecule has 1 heterocycles. The second kappa shape index (κ2) is 4.82. The molecule has 1 unspecified atom stereocenters. The molecule has 3 nitrogen and oxygen atoms in total. The van der Waals surface area contributed by atoms with Crippen LogP contribution in [0.2, 0.25) is 0 Å². The second-order valence-electron chi connectivity index (χ2n) is 4.05. The average Bonchev–Trinajstić information content (AvgIpc) is 2.84. The predicted octanol–water partition coefficient (Wildman–Crippen LogP) is 3.74. The molecule has 0 saturated carbocycles. The third-order valence-electron chi connectivity index (χ3n) is 2.77. The molecule has 0 spiro atoms. The fourth-order valence-corrected chi connectivity index (χ4v) is 2.87. The van der Waals surface area contributed by atoms with Gasteiger partial charge >= 0.3 is 0 Å². The van der Waals surface area contributed by atoms with Crippen molar-refractivity contribution in [3.63, 3.8) is 0 Å². The van der Waals surface area contributed by atoms with E-state index in [2.05, 4.69) is 47.6 Å². The minimum Gasteiger partial charge on any atom is -0.232 e. The fourth-order valence-electron chi connectivity index (χ4n) is 1.90. The van der Waals surface area contributed by atoms with Gasteiger partial charge in [-0.05, 0) is 31.2 Å². The number of nitrogens with zero attached hydrogens (tertiary/aromatic N) is 3. The monoisotopic (exact) mass is 255 g/mol. The van der Waals surface area contributed by atoms with Gasteiger partial charge in [-0.25, -0.2) is 4.68 Å². The van der Waals surface area contributed by atoms with Gasteiger partial charge in [0.25, 0.3) is 0 Å². The standard InChI is InChI=1S/C14H13N3S/c1-11(18-12-7-3-2-4-8-12)17-14-10-6-5-9-13(14)15-16-17/h2-11H,1H3. The van der Waals surface area contributed by atoms with Crippen molar-refractivity contribution in [1.82, 2.24) is 15.0 Å². The Balaban J connectivity index is 1.90. The minimum absolute atomic E-state index is 0.222. The molecular weight excluding hydrogens is 242 g/mol. The van der Waals surface area contributed by atoms with Gasteiger partial charge in [0.1, 0.15) is 10.9 Å². The molecule has 90 valence electrons. The van der Waals surface area contributed by atoms with E-state index in [1.165, 1.54) is 4.90 Å². The summed E-state index contributed by atoms with van der Waals surface area (Å²) in [6.07, 6.45) is 0. The molecule has 0 amide bonds. The second-order valence-corrected chi connectivity index (χ2v) is 5.44. The molecule has 3 aromatic rings. The van der Waals surface area contributed by atoms with Crippen LogP contribution < -0.4 is 0 Å². The summed E-state index contributed by atoms with van der Waals surface area (Å²) in [5, 5.41) is 8.64. The highest BCUT2D eigenvalue weighted by Crippen LogP contribution is 2.31. The molecule has 0 aliphatic carbocycles. The minimum atomic E-state index is 0.222. The first-order valence-corrected chi connectivity index (χ1v) is 6.74. The van der Waals surface area contributed by atoms with Crippen LogP contribution in [0.1, 0.15) is 12.3 Å². The number of para-hydroxylation sites is 1. The highest BCUT2D eigenvalue weighted by atomic mass is 32.2. The number of fused-ring (bicyclic) bond motifs is 1. The summed E-state index contributed by atoms with van der Waals surface area (Å²) in [4.78, 5) is 1.24. The van der Waals surface area contributed by atoms with Crippen LogP contribution in [-0.2, 0) is 0 Å². The molecule has 0 aliphatic heterocycles. The van der Waals surface area contributed by atoms with E-state index in [4.69, 9.17) is 0 Å². The van der Waals surface area contributed by atoms with Crippen molar-refractivity contribution < 1.29 is 0 Å². The summed E-state index contributed by atoms with van der Waals surface area (Å²) in [6.45, 7) is 2.14. The number of hydrogen-bond acceptors (Lipinski definition) is 3. The highest BCUT2D eigenvalue weighted by Gasteiger charge is 2.11. The maximum absolute atomic E-state index is 4.24. The molecule has 0 saturated heterocycles. The highest BCUT2D eigenvalue weighted by molar-refractivity contribution is 7.99. The first-order valence-electron chi connectivity index (χ1n) is 5.86. The average molecular weight is 255 g/mol. The predicted molar refractivity (Wildman–Crippen MR) is 74.5 cm³/mol. The zero-order chi connectivity index (χ0) is 12.4. The number of aromatic nitrogens is 3. The largest absolute Gasteiger partial charge is 0.232 e. The third-order valence-corrected chi connectivity index (χ3v) is 3.86. The van der Waals surface area contributed by atoms with Gasteiger partial charge in [0.05, 0.1) is 5.52 Å². The van der Waals surface area contributed by atoms with Gasteiger partial charge in [-0.15, -0.1) is 5.10 Å². The molecule has 0 bridgehead atoms. The number of rotatable bonds is 3. The van der Waals surface area contributed by atoms with Crippen LogP contribution in [0.25, 0.3) is 11.0 Å². The van der Waals surface area contributed by atoms with Crippen molar-refractivity contribution in [2.75, 3.05) is 0 Å². The van der Waals surface area contributed by atoms with E-state index < -0.39 is 0 Å². The molecule has 0 N–H and O–H groups in total. The summed E-state index contributed by atoms with van der Waals surface area (Å²) >= 11 is 1.78. The van der Waals surface area contributed by atoms with E-state index >= 15 is 0 Å². The Bertz CT molecular complexity index is 648. The van der Waals surface area contributed by atoms with Gasteiger partial charge in [0.15, 0.2) is 0 Å². The van der Waals surface area contributed by atoms with E-state index in [1.807, 2.05) is 28.9 Å². The molecule has 0 aliphatic rings. The smallest absolute Gasteiger partial charge is 0.113 e. The Kier molecular flexibility index (Phi) is 3.02. The maximum Gasteiger partial charge on any atom is 0.113 e. The van der Waals surface area contributed by atoms with E-state index in [0.717, 1.165) is 11.0 Å². The molecule has 2 aromatic carbocycles. The van der Waals surface area contributed by atoms with Crippen molar-refractivity contribution in [1.29, 1.82) is 0 Å². The number of thioether (sulfide) groups is 1. The van der Waals surface area contributed by atoms with Gasteiger partial charge in [-0.3, -0.25) is 0 Å². The van der Waals surface area contributed by atoms with Crippen LogP contribution in [0.15, 0.2) is 59.5 Å². The summed E-state index contributed by atoms with van der Waals surface area (Å²) < 4.78 is 1.97. The van der Waals surface area contributed by atoms with Crippen molar-refractivity contribution in [3.05, 3.63) is 54.6 Å². The van der Waals surface area contributed by atoms with Crippen molar-refractivity contribution in [2.24, 2.45) is 0 Å². The van der Waals surface area contributed by atoms with Crippen LogP contribution in [0.4, 0.5) is 0 Å². The SMILES string of the molecule is CC(Sc1ccccc1)n1nnc2ccccc21. The number of hydrogen-bond donors (Lipinski definition) is 0. The van der Waals surface area contributed by atoms with Gasteiger partial charge in [-0.1, -0.05) is 47.3 Å². The molecule has 4 heteroatoms.